The van der Waals surface area contributed by atoms with Crippen LogP contribution in [-0.2, 0) is 6.18 Å². The van der Waals surface area contributed by atoms with Gasteiger partial charge in [-0.2, -0.15) is 13.2 Å². The number of benzene rings is 1. The summed E-state index contributed by atoms with van der Waals surface area (Å²) in [6.07, 6.45) is -4.41. The molecular weight excluding hydrogens is 207 g/mol. The first kappa shape index (κ1) is 10.0. The minimum atomic E-state index is -4.41. The third kappa shape index (κ3) is 1.58. The van der Waals surface area contributed by atoms with Gasteiger partial charge in [0.15, 0.2) is 5.58 Å². The number of fused-ring (bicyclic) bond motifs is 1. The van der Waals surface area contributed by atoms with E-state index in [9.17, 15) is 13.2 Å². The normalized spacial score (nSPS) is 12.3. The molecule has 1 aromatic carbocycles. The van der Waals surface area contributed by atoms with Crippen LogP contribution in [0.15, 0.2) is 16.7 Å². The van der Waals surface area contributed by atoms with Crippen molar-refractivity contribution in [2.75, 3.05) is 0 Å². The van der Waals surface area contributed by atoms with E-state index in [2.05, 4.69) is 5.16 Å². The van der Waals surface area contributed by atoms with E-state index in [0.29, 0.717) is 16.6 Å². The molecule has 5 heteroatoms. The predicted molar refractivity (Wildman–Crippen MR) is 48.5 cm³/mol. The lowest BCUT2D eigenvalue weighted by Crippen LogP contribution is -2.05. The fourth-order valence-electron chi connectivity index (χ4n) is 1.51. The Balaban J connectivity index is 2.84. The maximum absolute atomic E-state index is 12.6. The Morgan fingerprint density at radius 2 is 1.87 bits per heavy atom. The van der Waals surface area contributed by atoms with Gasteiger partial charge in [-0.1, -0.05) is 5.16 Å². The van der Waals surface area contributed by atoms with Crippen molar-refractivity contribution in [2.24, 2.45) is 0 Å². The smallest absolute Gasteiger partial charge is 0.355 e. The van der Waals surface area contributed by atoms with Crippen LogP contribution in [0.3, 0.4) is 0 Å². The zero-order valence-corrected chi connectivity index (χ0v) is 8.14. The minimum absolute atomic E-state index is 0.189. The molecule has 0 aliphatic carbocycles. The van der Waals surface area contributed by atoms with Crippen molar-refractivity contribution in [3.8, 4) is 0 Å². The van der Waals surface area contributed by atoms with Gasteiger partial charge in [0.2, 0.25) is 0 Å². The first-order valence-electron chi connectivity index (χ1n) is 4.33. The molecule has 0 radical (unpaired) electrons. The molecule has 0 atom stereocenters. The SMILES string of the molecule is Cc1cc(C(F)(F)F)c2onc(C)c2c1. The molecule has 0 spiro atoms. The Bertz CT molecular complexity index is 513. The quantitative estimate of drug-likeness (QED) is 0.672. The number of rotatable bonds is 0. The highest BCUT2D eigenvalue weighted by Crippen LogP contribution is 2.36. The highest BCUT2D eigenvalue weighted by atomic mass is 19.4. The fraction of sp³-hybridized carbons (Fsp3) is 0.300. The molecule has 1 heterocycles. The number of aromatic nitrogens is 1. The maximum atomic E-state index is 12.6. The molecule has 2 nitrogen and oxygen atoms in total. The second-order valence-corrected chi connectivity index (χ2v) is 3.45. The van der Waals surface area contributed by atoms with Gasteiger partial charge in [-0.3, -0.25) is 0 Å². The molecule has 0 fully saturated rings. The Morgan fingerprint density at radius 3 is 2.47 bits per heavy atom. The molecule has 1 aromatic heterocycles. The van der Waals surface area contributed by atoms with Gasteiger partial charge in [0.25, 0.3) is 0 Å². The fourth-order valence-corrected chi connectivity index (χ4v) is 1.51. The van der Waals surface area contributed by atoms with Crippen molar-refractivity contribution in [3.05, 3.63) is 29.0 Å². The van der Waals surface area contributed by atoms with Crippen LogP contribution in [0.2, 0.25) is 0 Å². The molecule has 0 amide bonds. The van der Waals surface area contributed by atoms with Crippen molar-refractivity contribution in [3.63, 3.8) is 0 Å². The molecule has 2 aromatic rings. The minimum Gasteiger partial charge on any atom is -0.355 e. The molecular formula is C10H8F3NO. The zero-order chi connectivity index (χ0) is 11.2. The van der Waals surface area contributed by atoms with Gasteiger partial charge < -0.3 is 4.52 Å². The Hall–Kier alpha value is -1.52. The monoisotopic (exact) mass is 215 g/mol. The van der Waals surface area contributed by atoms with Crippen LogP contribution in [0.25, 0.3) is 11.0 Å². The van der Waals surface area contributed by atoms with Gasteiger partial charge in [0, 0.05) is 5.39 Å². The molecule has 80 valence electrons. The van der Waals surface area contributed by atoms with Gasteiger partial charge in [-0.05, 0) is 31.5 Å². The largest absolute Gasteiger partial charge is 0.420 e. The van der Waals surface area contributed by atoms with Crippen molar-refractivity contribution in [1.82, 2.24) is 5.16 Å². The first-order valence-corrected chi connectivity index (χ1v) is 4.33. The third-order valence-electron chi connectivity index (χ3n) is 2.20. The molecule has 0 aliphatic heterocycles. The number of hydrogen-bond donors (Lipinski definition) is 0. The Morgan fingerprint density at radius 1 is 1.20 bits per heavy atom. The summed E-state index contributed by atoms with van der Waals surface area (Å²) < 4.78 is 42.5. The average Bonchev–Trinajstić information content (AvgIpc) is 2.45. The molecule has 0 saturated heterocycles. The topological polar surface area (TPSA) is 26.0 Å². The van der Waals surface area contributed by atoms with Crippen molar-refractivity contribution < 1.29 is 17.7 Å². The summed E-state index contributed by atoms with van der Waals surface area (Å²) in [5.41, 5.74) is 0.0593. The van der Waals surface area contributed by atoms with Gasteiger partial charge in [0.05, 0.1) is 5.69 Å². The first-order chi connectivity index (χ1) is 6.89. The summed E-state index contributed by atoms with van der Waals surface area (Å²) in [4.78, 5) is 0. The number of hydrogen-bond acceptors (Lipinski definition) is 2. The van der Waals surface area contributed by atoms with E-state index in [1.165, 1.54) is 0 Å². The van der Waals surface area contributed by atoms with Gasteiger partial charge in [-0.25, -0.2) is 0 Å². The third-order valence-corrected chi connectivity index (χ3v) is 2.20. The maximum Gasteiger partial charge on any atom is 0.420 e. The summed E-state index contributed by atoms with van der Waals surface area (Å²) in [5, 5.41) is 3.95. The Kier molecular flexibility index (Phi) is 1.99. The highest BCUT2D eigenvalue weighted by Gasteiger charge is 2.35. The van der Waals surface area contributed by atoms with E-state index < -0.39 is 11.7 Å². The zero-order valence-electron chi connectivity index (χ0n) is 8.14. The standard InChI is InChI=1S/C10H8F3NO/c1-5-3-7-6(2)14-15-9(7)8(4-5)10(11,12)13/h3-4H,1-2H3. The lowest BCUT2D eigenvalue weighted by molar-refractivity contribution is -0.137. The van der Waals surface area contributed by atoms with Gasteiger partial charge in [-0.15, -0.1) is 0 Å². The average molecular weight is 215 g/mol. The van der Waals surface area contributed by atoms with E-state index in [0.717, 1.165) is 6.07 Å². The molecule has 0 N–H and O–H groups in total. The molecule has 2 rings (SSSR count). The van der Waals surface area contributed by atoms with E-state index in [1.807, 2.05) is 0 Å². The van der Waals surface area contributed by atoms with Crippen LogP contribution in [0.5, 0.6) is 0 Å². The highest BCUT2D eigenvalue weighted by molar-refractivity contribution is 5.83. The second kappa shape index (κ2) is 2.98. The molecule has 0 saturated carbocycles. The lowest BCUT2D eigenvalue weighted by atomic mass is 10.1. The van der Waals surface area contributed by atoms with E-state index in [1.54, 1.807) is 19.9 Å². The Labute approximate surface area is 83.7 Å². The second-order valence-electron chi connectivity index (χ2n) is 3.45. The van der Waals surface area contributed by atoms with E-state index in [-0.39, 0.29) is 5.58 Å². The van der Waals surface area contributed by atoms with Crippen LogP contribution in [0, 0.1) is 13.8 Å². The predicted octanol–water partition coefficient (Wildman–Crippen LogP) is 3.46. The summed E-state index contributed by atoms with van der Waals surface area (Å²) in [7, 11) is 0. The summed E-state index contributed by atoms with van der Waals surface area (Å²) in [5.74, 6) is 0. The summed E-state index contributed by atoms with van der Waals surface area (Å²) in [6, 6.07) is 2.70. The van der Waals surface area contributed by atoms with Crippen LogP contribution in [-0.4, -0.2) is 5.16 Å². The number of alkyl halides is 3. The van der Waals surface area contributed by atoms with Gasteiger partial charge >= 0.3 is 6.18 Å². The molecule has 15 heavy (non-hydrogen) atoms. The summed E-state index contributed by atoms with van der Waals surface area (Å²) >= 11 is 0. The van der Waals surface area contributed by atoms with Gasteiger partial charge in [0.1, 0.15) is 5.56 Å². The van der Waals surface area contributed by atoms with Crippen molar-refractivity contribution in [1.29, 1.82) is 0 Å². The lowest BCUT2D eigenvalue weighted by Gasteiger charge is -2.07. The van der Waals surface area contributed by atoms with Crippen LogP contribution in [0.1, 0.15) is 16.8 Å². The van der Waals surface area contributed by atoms with Crippen LogP contribution < -0.4 is 0 Å². The number of nitrogens with zero attached hydrogens (tertiary/aromatic N) is 1. The van der Waals surface area contributed by atoms with Crippen molar-refractivity contribution in [2.45, 2.75) is 20.0 Å². The van der Waals surface area contributed by atoms with Crippen LogP contribution >= 0.6 is 0 Å². The number of halogens is 3. The number of aryl methyl sites for hydroxylation is 2. The van der Waals surface area contributed by atoms with E-state index in [4.69, 9.17) is 4.52 Å². The molecule has 0 unspecified atom stereocenters. The van der Waals surface area contributed by atoms with Crippen LogP contribution in [0.4, 0.5) is 13.2 Å². The molecule has 0 aliphatic rings. The molecule has 0 bridgehead atoms. The summed E-state index contributed by atoms with van der Waals surface area (Å²) in [6.45, 7) is 3.23. The van der Waals surface area contributed by atoms with Crippen molar-refractivity contribution >= 4 is 11.0 Å². The van der Waals surface area contributed by atoms with E-state index >= 15 is 0 Å².